The Morgan fingerprint density at radius 2 is 2.04 bits per heavy atom. The Kier molecular flexibility index (Phi) is 4.48. The molecular formula is C16H15ClF3N5O. The second kappa shape index (κ2) is 6.36. The van der Waals surface area contributed by atoms with Crippen molar-refractivity contribution in [3.63, 3.8) is 0 Å². The van der Waals surface area contributed by atoms with Gasteiger partial charge in [0.2, 0.25) is 5.91 Å². The van der Waals surface area contributed by atoms with Crippen molar-refractivity contribution >= 4 is 34.2 Å². The Bertz CT molecular complexity index is 923. The molecule has 0 unspecified atom stereocenters. The topological polar surface area (TPSA) is 98.8 Å². The molecule has 6 nitrogen and oxygen atoms in total. The molecule has 26 heavy (non-hydrogen) atoms. The van der Waals surface area contributed by atoms with E-state index in [1.54, 1.807) is 17.9 Å². The highest BCUT2D eigenvalue weighted by Crippen LogP contribution is 2.42. The first-order valence-electron chi connectivity index (χ1n) is 7.88. The number of halogens is 4. The number of nitrogens with one attached hydrogen (secondary N) is 1. The molecule has 1 aliphatic rings. The van der Waals surface area contributed by atoms with E-state index >= 15 is 0 Å². The summed E-state index contributed by atoms with van der Waals surface area (Å²) in [7, 11) is 0. The van der Waals surface area contributed by atoms with Crippen molar-refractivity contribution in [3.05, 3.63) is 22.0 Å². The second-order valence-electron chi connectivity index (χ2n) is 6.24. The molecule has 10 heteroatoms. The number of primary amides is 1. The monoisotopic (exact) mass is 385 g/mol. The minimum absolute atomic E-state index is 0.0254. The maximum Gasteiger partial charge on any atom is 0.434 e. The van der Waals surface area contributed by atoms with E-state index in [9.17, 15) is 23.2 Å². The van der Waals surface area contributed by atoms with Crippen molar-refractivity contribution in [2.45, 2.75) is 25.9 Å². The van der Waals surface area contributed by atoms with Crippen molar-refractivity contribution in [2.24, 2.45) is 11.7 Å². The van der Waals surface area contributed by atoms with Crippen molar-refractivity contribution in [1.82, 2.24) is 9.97 Å². The minimum Gasteiger partial charge on any atom is -0.369 e. The highest BCUT2D eigenvalue weighted by molar-refractivity contribution is 6.36. The van der Waals surface area contributed by atoms with Gasteiger partial charge in [-0.3, -0.25) is 4.79 Å². The number of alkyl halides is 3. The largest absolute Gasteiger partial charge is 0.434 e. The highest BCUT2D eigenvalue weighted by atomic mass is 35.5. The Hall–Kier alpha value is -2.47. The van der Waals surface area contributed by atoms with Gasteiger partial charge >= 0.3 is 6.18 Å². The van der Waals surface area contributed by atoms with Gasteiger partial charge < -0.3 is 15.6 Å². The fourth-order valence-electron chi connectivity index (χ4n) is 3.28. The third-order valence-electron chi connectivity index (χ3n) is 4.61. The predicted octanol–water partition coefficient (Wildman–Crippen LogP) is 3.12. The lowest BCUT2D eigenvalue weighted by Crippen LogP contribution is -2.39. The number of piperidine rings is 1. The van der Waals surface area contributed by atoms with Crippen molar-refractivity contribution in [3.8, 4) is 6.07 Å². The van der Waals surface area contributed by atoms with Crippen LogP contribution < -0.4 is 10.6 Å². The number of H-pyrrole nitrogens is 1. The molecular weight excluding hydrogens is 371 g/mol. The standard InChI is InChI=1S/C16H15ClF3N5O/c1-7-10(17)11-12(23-7)13(9(6-21)14(24-11)16(18,19)20)25-4-2-8(3-5-25)15(22)26/h8,23H,2-5H2,1H3,(H2,22,26). The molecule has 0 aromatic carbocycles. The first-order valence-corrected chi connectivity index (χ1v) is 8.26. The number of aromatic nitrogens is 2. The number of hydrogen-bond donors (Lipinski definition) is 2. The molecule has 138 valence electrons. The zero-order valence-electron chi connectivity index (χ0n) is 13.7. The van der Waals surface area contributed by atoms with Crippen molar-refractivity contribution in [1.29, 1.82) is 5.26 Å². The molecule has 3 N–H and O–H groups in total. The summed E-state index contributed by atoms with van der Waals surface area (Å²) in [6.45, 7) is 2.22. The molecule has 0 radical (unpaired) electrons. The van der Waals surface area contributed by atoms with Gasteiger partial charge in [0, 0.05) is 24.7 Å². The van der Waals surface area contributed by atoms with Gasteiger partial charge in [-0.1, -0.05) is 11.6 Å². The van der Waals surface area contributed by atoms with Crippen LogP contribution in [0.3, 0.4) is 0 Å². The summed E-state index contributed by atoms with van der Waals surface area (Å²) in [5.74, 6) is -0.759. The lowest BCUT2D eigenvalue weighted by atomic mass is 9.95. The SMILES string of the molecule is Cc1[nH]c2c(N3CCC(C(N)=O)CC3)c(C#N)c(C(F)(F)F)nc2c1Cl. The number of nitrogens with zero attached hydrogens (tertiary/aromatic N) is 3. The van der Waals surface area contributed by atoms with Gasteiger partial charge in [-0.25, -0.2) is 4.98 Å². The fraction of sp³-hybridized carbons (Fsp3) is 0.438. The molecule has 0 spiro atoms. The lowest BCUT2D eigenvalue weighted by molar-refractivity contribution is -0.141. The average molecular weight is 386 g/mol. The van der Waals surface area contributed by atoms with Gasteiger partial charge in [-0.05, 0) is 19.8 Å². The van der Waals surface area contributed by atoms with E-state index in [2.05, 4.69) is 9.97 Å². The maximum atomic E-state index is 13.5. The zero-order valence-corrected chi connectivity index (χ0v) is 14.5. The van der Waals surface area contributed by atoms with Crippen LogP contribution in [0, 0.1) is 24.2 Å². The van der Waals surface area contributed by atoms with E-state index < -0.39 is 23.3 Å². The quantitative estimate of drug-likeness (QED) is 0.829. The maximum absolute atomic E-state index is 13.5. The van der Waals surface area contributed by atoms with Gasteiger partial charge in [0.15, 0.2) is 5.69 Å². The summed E-state index contributed by atoms with van der Waals surface area (Å²) in [6.07, 6.45) is -3.99. The Balaban J connectivity index is 2.21. The average Bonchev–Trinajstić information content (AvgIpc) is 2.87. The third kappa shape index (κ3) is 2.94. The van der Waals surface area contributed by atoms with E-state index in [4.69, 9.17) is 17.3 Å². The number of aromatic amines is 1. The van der Waals surface area contributed by atoms with Crippen LogP contribution in [-0.2, 0) is 11.0 Å². The molecule has 0 bridgehead atoms. The number of carbonyl (C=O) groups excluding carboxylic acids is 1. The third-order valence-corrected chi connectivity index (χ3v) is 5.08. The summed E-state index contributed by atoms with van der Waals surface area (Å²) in [5.41, 5.74) is 4.33. The number of aryl methyl sites for hydroxylation is 1. The fourth-order valence-corrected chi connectivity index (χ4v) is 3.47. The second-order valence-corrected chi connectivity index (χ2v) is 6.62. The number of pyridine rings is 1. The van der Waals surface area contributed by atoms with Crippen LogP contribution in [-0.4, -0.2) is 29.0 Å². The Morgan fingerprint density at radius 1 is 1.42 bits per heavy atom. The summed E-state index contributed by atoms with van der Waals surface area (Å²) >= 11 is 6.11. The van der Waals surface area contributed by atoms with Gasteiger partial charge in [-0.2, -0.15) is 18.4 Å². The van der Waals surface area contributed by atoms with Crippen LogP contribution in [0.2, 0.25) is 5.02 Å². The minimum atomic E-state index is -4.80. The molecule has 2 aromatic rings. The number of rotatable bonds is 2. The number of anilines is 1. The first-order chi connectivity index (χ1) is 12.1. The van der Waals surface area contributed by atoms with Crippen molar-refractivity contribution in [2.75, 3.05) is 18.0 Å². The van der Waals surface area contributed by atoms with Crippen LogP contribution in [0.1, 0.15) is 29.8 Å². The van der Waals surface area contributed by atoms with Crippen molar-refractivity contribution < 1.29 is 18.0 Å². The number of nitrogens with two attached hydrogens (primary N) is 1. The Morgan fingerprint density at radius 3 is 2.54 bits per heavy atom. The van der Waals surface area contributed by atoms with Crippen LogP contribution in [0.15, 0.2) is 0 Å². The summed E-state index contributed by atoms with van der Waals surface area (Å²) in [4.78, 5) is 19.6. The van der Waals surface area contributed by atoms with Crippen LogP contribution in [0.25, 0.3) is 11.0 Å². The van der Waals surface area contributed by atoms with Gasteiger partial charge in [-0.15, -0.1) is 0 Å². The number of fused-ring (bicyclic) bond motifs is 1. The molecule has 1 saturated heterocycles. The lowest BCUT2D eigenvalue weighted by Gasteiger charge is -2.33. The predicted molar refractivity (Wildman–Crippen MR) is 89.7 cm³/mol. The molecule has 1 amide bonds. The Labute approximate surface area is 151 Å². The molecule has 3 rings (SSSR count). The molecule has 1 aliphatic heterocycles. The zero-order chi connectivity index (χ0) is 19.2. The van der Waals surface area contributed by atoms with E-state index in [-0.39, 0.29) is 27.7 Å². The van der Waals surface area contributed by atoms with Gasteiger partial charge in [0.1, 0.15) is 17.1 Å². The van der Waals surface area contributed by atoms with Crippen LogP contribution in [0.5, 0.6) is 0 Å². The van der Waals surface area contributed by atoms with E-state index in [0.29, 0.717) is 31.6 Å². The number of carbonyl (C=O) groups is 1. The smallest absolute Gasteiger partial charge is 0.369 e. The van der Waals surface area contributed by atoms with Gasteiger partial charge in [0.25, 0.3) is 0 Å². The highest BCUT2D eigenvalue weighted by Gasteiger charge is 2.40. The molecule has 0 aliphatic carbocycles. The molecule has 0 saturated carbocycles. The molecule has 3 heterocycles. The molecule has 1 fully saturated rings. The normalized spacial score (nSPS) is 16.1. The van der Waals surface area contributed by atoms with Crippen LogP contribution in [0.4, 0.5) is 18.9 Å². The summed E-state index contributed by atoms with van der Waals surface area (Å²) < 4.78 is 40.4. The van der Waals surface area contributed by atoms with Crippen LogP contribution >= 0.6 is 11.6 Å². The van der Waals surface area contributed by atoms with Gasteiger partial charge in [0.05, 0.1) is 16.2 Å². The van der Waals surface area contributed by atoms with E-state index in [0.717, 1.165) is 0 Å². The number of amides is 1. The van der Waals surface area contributed by atoms with E-state index in [1.807, 2.05) is 0 Å². The van der Waals surface area contributed by atoms with E-state index in [1.165, 1.54) is 0 Å². The first kappa shape index (κ1) is 18.3. The number of hydrogen-bond acceptors (Lipinski definition) is 4. The molecule has 2 aromatic heterocycles. The summed E-state index contributed by atoms with van der Waals surface area (Å²) in [5, 5.41) is 9.52. The number of nitriles is 1. The molecule has 0 atom stereocenters. The summed E-state index contributed by atoms with van der Waals surface area (Å²) in [6, 6.07) is 1.64.